The lowest BCUT2D eigenvalue weighted by Crippen LogP contribution is -2.00. The third-order valence-corrected chi connectivity index (χ3v) is 1.38. The maximum atomic E-state index is 7.99. The monoisotopic (exact) mass is 195 g/mol. The van der Waals surface area contributed by atoms with Crippen LogP contribution in [-0.4, -0.2) is 11.7 Å². The minimum atomic E-state index is -0.0732. The second-order valence-electron chi connectivity index (χ2n) is 2.32. The van der Waals surface area contributed by atoms with Crippen LogP contribution in [0.15, 0.2) is 23.4 Å². The zero-order valence-corrected chi connectivity index (χ0v) is 7.33. The fourth-order valence-corrected chi connectivity index (χ4v) is 0.799. The Bertz CT molecular complexity index is 319. The van der Waals surface area contributed by atoms with Gasteiger partial charge in [0.1, 0.15) is 0 Å². The number of hydrogen-bond acceptors (Lipinski definition) is 5. The second-order valence-corrected chi connectivity index (χ2v) is 2.32. The molecule has 7 nitrogen and oxygen atoms in total. The Morgan fingerprint density at radius 1 is 1.57 bits per heavy atom. The summed E-state index contributed by atoms with van der Waals surface area (Å²) in [6.07, 6.45) is 1.57. The third-order valence-electron chi connectivity index (χ3n) is 1.38. The molecule has 0 aromatic carbocycles. The largest absolute Gasteiger partial charge is 0.472 e. The summed E-state index contributed by atoms with van der Waals surface area (Å²) in [5.41, 5.74) is 8.82. The highest BCUT2D eigenvalue weighted by Gasteiger charge is 1.95. The predicted octanol–water partition coefficient (Wildman–Crippen LogP) is 1.12. The summed E-state index contributed by atoms with van der Waals surface area (Å²) in [6, 6.07) is 3.40. The van der Waals surface area contributed by atoms with Crippen LogP contribution in [0, 0.1) is 0 Å². The summed E-state index contributed by atoms with van der Waals surface area (Å²) >= 11 is 0. The van der Waals surface area contributed by atoms with E-state index in [0.29, 0.717) is 12.5 Å². The fraction of sp³-hybridized carbons (Fsp3) is 0.286. The van der Waals surface area contributed by atoms with Gasteiger partial charge < -0.3 is 4.74 Å². The van der Waals surface area contributed by atoms with E-state index in [0.717, 1.165) is 5.56 Å². The topological polar surface area (TPSA) is 106 Å². The first-order valence-electron chi connectivity index (χ1n) is 3.77. The molecule has 0 aliphatic rings. The van der Waals surface area contributed by atoms with Gasteiger partial charge in [0.15, 0.2) is 6.73 Å². The van der Waals surface area contributed by atoms with Crippen LogP contribution in [0.2, 0.25) is 0 Å². The zero-order chi connectivity index (χ0) is 10.2. The molecule has 0 atom stereocenters. The van der Waals surface area contributed by atoms with E-state index >= 15 is 0 Å². The molecule has 1 aromatic heterocycles. The van der Waals surface area contributed by atoms with Crippen molar-refractivity contribution in [3.05, 3.63) is 34.3 Å². The van der Waals surface area contributed by atoms with E-state index in [9.17, 15) is 0 Å². The molecule has 0 saturated carbocycles. The average Bonchev–Trinajstić information content (AvgIpc) is 2.21. The first-order chi connectivity index (χ1) is 6.86. The lowest BCUT2D eigenvalue weighted by Gasteiger charge is -2.02. The van der Waals surface area contributed by atoms with Crippen molar-refractivity contribution in [1.29, 1.82) is 0 Å². The predicted molar refractivity (Wildman–Crippen MR) is 47.9 cm³/mol. The molecule has 1 aromatic rings. The lowest BCUT2D eigenvalue weighted by atomic mass is 10.3. The van der Waals surface area contributed by atoms with Crippen molar-refractivity contribution < 1.29 is 9.57 Å². The average molecular weight is 195 g/mol. The number of nitrogens with two attached hydrogens (primary N) is 1. The molecule has 1 heterocycles. The molecular formula is C7H9N5O2. The molecule has 0 saturated heterocycles. The van der Waals surface area contributed by atoms with Crippen LogP contribution in [0.3, 0.4) is 0 Å². The number of ether oxygens (including phenoxy) is 1. The van der Waals surface area contributed by atoms with Gasteiger partial charge in [0.2, 0.25) is 5.88 Å². The van der Waals surface area contributed by atoms with Crippen molar-refractivity contribution in [3.8, 4) is 5.88 Å². The van der Waals surface area contributed by atoms with E-state index < -0.39 is 0 Å². The summed E-state index contributed by atoms with van der Waals surface area (Å²) in [4.78, 5) is 10.9. The smallest absolute Gasteiger partial charge is 0.213 e. The Labute approximate surface area is 80.0 Å². The number of hydrogen-bond donors (Lipinski definition) is 1. The van der Waals surface area contributed by atoms with Crippen LogP contribution in [0.25, 0.3) is 10.4 Å². The van der Waals surface area contributed by atoms with Gasteiger partial charge in [-0.25, -0.2) is 10.9 Å². The van der Waals surface area contributed by atoms with Gasteiger partial charge in [-0.3, -0.25) is 4.84 Å². The Morgan fingerprint density at radius 3 is 3.00 bits per heavy atom. The normalized spacial score (nSPS) is 9.21. The SMILES string of the molecule is [N-]=[N+]=NCOc1ccc(CON)cn1. The van der Waals surface area contributed by atoms with Crippen LogP contribution in [-0.2, 0) is 11.4 Å². The molecule has 7 heteroatoms. The molecule has 2 N–H and O–H groups in total. The molecule has 1 rings (SSSR count). The molecule has 14 heavy (non-hydrogen) atoms. The number of pyridine rings is 1. The summed E-state index contributed by atoms with van der Waals surface area (Å²) in [5.74, 6) is 5.27. The zero-order valence-electron chi connectivity index (χ0n) is 7.33. The minimum absolute atomic E-state index is 0.0732. The highest BCUT2D eigenvalue weighted by Crippen LogP contribution is 2.07. The van der Waals surface area contributed by atoms with Crippen LogP contribution in [0.5, 0.6) is 5.88 Å². The maximum absolute atomic E-state index is 7.99. The van der Waals surface area contributed by atoms with Gasteiger partial charge in [-0.1, -0.05) is 5.11 Å². The molecule has 0 fully saturated rings. The van der Waals surface area contributed by atoms with Gasteiger partial charge in [-0.05, 0) is 17.2 Å². The summed E-state index contributed by atoms with van der Waals surface area (Å²) in [7, 11) is 0. The van der Waals surface area contributed by atoms with Gasteiger partial charge >= 0.3 is 0 Å². The van der Waals surface area contributed by atoms with E-state index in [2.05, 4.69) is 19.8 Å². The molecule has 0 amide bonds. The van der Waals surface area contributed by atoms with Crippen molar-refractivity contribution in [3.63, 3.8) is 0 Å². The van der Waals surface area contributed by atoms with Crippen LogP contribution >= 0.6 is 0 Å². The number of aromatic nitrogens is 1. The minimum Gasteiger partial charge on any atom is -0.472 e. The molecule has 0 aliphatic carbocycles. The summed E-state index contributed by atoms with van der Waals surface area (Å²) in [5, 5.41) is 3.20. The van der Waals surface area contributed by atoms with Gasteiger partial charge in [0, 0.05) is 17.2 Å². The standard InChI is InChI=1S/C7H9N5O2/c8-12-11-5-13-7-2-1-6(3-10-7)4-14-9/h1-3H,4-5,9H2. The number of azide groups is 1. The first-order valence-corrected chi connectivity index (χ1v) is 3.77. The van der Waals surface area contributed by atoms with Crippen molar-refractivity contribution in [2.75, 3.05) is 6.73 Å². The first kappa shape index (κ1) is 10.3. The highest BCUT2D eigenvalue weighted by atomic mass is 16.6. The van der Waals surface area contributed by atoms with E-state index in [1.807, 2.05) is 0 Å². The quantitative estimate of drug-likeness (QED) is 0.328. The molecule has 0 bridgehead atoms. The second kappa shape index (κ2) is 5.76. The molecule has 0 radical (unpaired) electrons. The van der Waals surface area contributed by atoms with E-state index in [1.54, 1.807) is 18.3 Å². The molecule has 74 valence electrons. The van der Waals surface area contributed by atoms with Crippen molar-refractivity contribution in [2.45, 2.75) is 6.61 Å². The van der Waals surface area contributed by atoms with Crippen LogP contribution in [0.1, 0.15) is 5.56 Å². The van der Waals surface area contributed by atoms with E-state index in [1.165, 1.54) is 0 Å². The Morgan fingerprint density at radius 2 is 2.43 bits per heavy atom. The molecular weight excluding hydrogens is 186 g/mol. The maximum Gasteiger partial charge on any atom is 0.213 e. The molecule has 0 aliphatic heterocycles. The Hall–Kier alpha value is -1.82. The Kier molecular flexibility index (Phi) is 4.22. The van der Waals surface area contributed by atoms with Gasteiger partial charge in [0.25, 0.3) is 0 Å². The number of nitrogens with zero attached hydrogens (tertiary/aromatic N) is 4. The molecule has 0 spiro atoms. The van der Waals surface area contributed by atoms with Gasteiger partial charge in [-0.2, -0.15) is 0 Å². The van der Waals surface area contributed by atoms with Crippen LogP contribution < -0.4 is 10.6 Å². The molecule has 0 unspecified atom stereocenters. The van der Waals surface area contributed by atoms with Gasteiger partial charge in [0.05, 0.1) is 6.61 Å². The summed E-state index contributed by atoms with van der Waals surface area (Å²) in [6.45, 7) is 0.222. The van der Waals surface area contributed by atoms with Crippen molar-refractivity contribution in [2.24, 2.45) is 11.0 Å². The summed E-state index contributed by atoms with van der Waals surface area (Å²) < 4.78 is 4.98. The lowest BCUT2D eigenvalue weighted by molar-refractivity contribution is 0.124. The van der Waals surface area contributed by atoms with Crippen molar-refractivity contribution >= 4 is 0 Å². The fourth-order valence-electron chi connectivity index (χ4n) is 0.799. The van der Waals surface area contributed by atoms with E-state index in [-0.39, 0.29) is 6.73 Å². The van der Waals surface area contributed by atoms with Crippen LogP contribution in [0.4, 0.5) is 0 Å². The van der Waals surface area contributed by atoms with E-state index in [4.69, 9.17) is 16.2 Å². The highest BCUT2D eigenvalue weighted by molar-refractivity contribution is 5.16. The Balaban J connectivity index is 2.50. The van der Waals surface area contributed by atoms with Gasteiger partial charge in [-0.15, -0.1) is 0 Å². The third kappa shape index (κ3) is 3.28. The number of rotatable bonds is 5. The van der Waals surface area contributed by atoms with Crippen molar-refractivity contribution in [1.82, 2.24) is 4.98 Å².